The lowest BCUT2D eigenvalue weighted by Gasteiger charge is -2.17. The summed E-state index contributed by atoms with van der Waals surface area (Å²) in [7, 11) is 2.21. The minimum atomic E-state index is 1.00. The Labute approximate surface area is 152 Å². The molecule has 0 radical (unpaired) electrons. The zero-order valence-corrected chi connectivity index (χ0v) is 15.9. The third-order valence-electron chi connectivity index (χ3n) is 4.78. The molecule has 2 nitrogen and oxygen atoms in total. The van der Waals surface area contributed by atoms with Gasteiger partial charge < -0.3 is 4.90 Å². The Morgan fingerprint density at radius 2 is 2.04 bits per heavy atom. The molecule has 4 heteroatoms. The highest BCUT2D eigenvalue weighted by Crippen LogP contribution is 2.45. The van der Waals surface area contributed by atoms with Gasteiger partial charge in [0.15, 0.2) is 5.69 Å². The summed E-state index contributed by atoms with van der Waals surface area (Å²) in [5.41, 5.74) is 2.89. The van der Waals surface area contributed by atoms with Crippen molar-refractivity contribution in [2.45, 2.75) is 37.5 Å². The maximum atomic E-state index is 2.39. The van der Waals surface area contributed by atoms with Gasteiger partial charge in [-0.1, -0.05) is 41.3 Å². The Hall–Kier alpha value is -1.52. The second-order valence-electron chi connectivity index (χ2n) is 6.25. The predicted octanol–water partition coefficient (Wildman–Crippen LogP) is 4.94. The van der Waals surface area contributed by atoms with E-state index in [2.05, 4.69) is 65.9 Å². The number of benzene rings is 1. The van der Waals surface area contributed by atoms with E-state index in [0.717, 1.165) is 6.54 Å². The summed E-state index contributed by atoms with van der Waals surface area (Å²) in [5.74, 6) is 0. The topological polar surface area (TPSA) is 7.12 Å². The lowest BCUT2D eigenvalue weighted by Crippen LogP contribution is -2.34. The van der Waals surface area contributed by atoms with Crippen LogP contribution in [0.2, 0.25) is 0 Å². The monoisotopic (exact) mass is 355 g/mol. The van der Waals surface area contributed by atoms with Crippen LogP contribution >= 0.6 is 23.1 Å². The fourth-order valence-electron chi connectivity index (χ4n) is 3.52. The summed E-state index contributed by atoms with van der Waals surface area (Å²) in [6.45, 7) is 3.22. The van der Waals surface area contributed by atoms with Crippen molar-refractivity contribution >= 4 is 34.9 Å². The van der Waals surface area contributed by atoms with Crippen LogP contribution in [0, 0.1) is 0 Å². The summed E-state index contributed by atoms with van der Waals surface area (Å²) < 4.78 is 2.39. The van der Waals surface area contributed by atoms with Gasteiger partial charge in [0.25, 0.3) is 5.01 Å². The SMILES string of the molecule is CCN1C(=CC=Cc2sc3c([n+]2C)CCCC3)Sc2ccccc21. The van der Waals surface area contributed by atoms with E-state index in [1.807, 2.05) is 23.1 Å². The van der Waals surface area contributed by atoms with Gasteiger partial charge in [0.1, 0.15) is 7.05 Å². The van der Waals surface area contributed by atoms with E-state index < -0.39 is 0 Å². The average Bonchev–Trinajstić information content (AvgIpc) is 3.13. The first-order valence-corrected chi connectivity index (χ1v) is 10.3. The number of allylic oxidation sites excluding steroid dienone is 2. The van der Waals surface area contributed by atoms with Crippen molar-refractivity contribution < 1.29 is 4.57 Å². The highest BCUT2D eigenvalue weighted by molar-refractivity contribution is 8.03. The number of para-hydroxylation sites is 1. The molecule has 0 fully saturated rings. The smallest absolute Gasteiger partial charge is 0.261 e. The molecule has 0 atom stereocenters. The number of rotatable bonds is 3. The van der Waals surface area contributed by atoms with Gasteiger partial charge in [-0.05, 0) is 44.4 Å². The Morgan fingerprint density at radius 1 is 1.21 bits per heavy atom. The Bertz CT molecular complexity index is 817. The first kappa shape index (κ1) is 16.0. The molecular weight excluding hydrogens is 332 g/mol. The second kappa shape index (κ2) is 6.77. The van der Waals surface area contributed by atoms with E-state index in [1.54, 1.807) is 10.6 Å². The molecule has 1 aliphatic heterocycles. The van der Waals surface area contributed by atoms with Crippen molar-refractivity contribution in [3.05, 3.63) is 57.0 Å². The maximum absolute atomic E-state index is 2.39. The van der Waals surface area contributed by atoms with E-state index in [9.17, 15) is 0 Å². The minimum Gasteiger partial charge on any atom is -0.335 e. The van der Waals surface area contributed by atoms with E-state index in [4.69, 9.17) is 0 Å². The molecule has 1 aromatic heterocycles. The fourth-order valence-corrected chi connectivity index (χ4v) is 5.90. The number of thiazole rings is 1. The molecule has 0 N–H and O–H groups in total. The van der Waals surface area contributed by atoms with Crippen molar-refractivity contribution in [3.63, 3.8) is 0 Å². The van der Waals surface area contributed by atoms with Gasteiger partial charge in [-0.2, -0.15) is 4.57 Å². The summed E-state index contributed by atoms with van der Waals surface area (Å²) >= 11 is 3.83. The average molecular weight is 356 g/mol. The van der Waals surface area contributed by atoms with Crippen molar-refractivity contribution in [2.24, 2.45) is 7.05 Å². The standard InChI is InChI=1S/C20H23N2S2/c1-3-22-16-10-5-7-12-18(16)24-20(22)14-8-13-19-21(2)15-9-4-6-11-17(15)23-19/h5,7-8,10,12-14H,3-4,6,9,11H2,1-2H3/q+1. The van der Waals surface area contributed by atoms with E-state index in [0.29, 0.717) is 0 Å². The quantitative estimate of drug-likeness (QED) is 0.720. The molecule has 0 saturated carbocycles. The van der Waals surface area contributed by atoms with Crippen LogP contribution in [0.4, 0.5) is 5.69 Å². The van der Waals surface area contributed by atoms with E-state index >= 15 is 0 Å². The molecule has 24 heavy (non-hydrogen) atoms. The van der Waals surface area contributed by atoms with E-state index in [1.165, 1.54) is 46.3 Å². The number of fused-ring (bicyclic) bond motifs is 2. The highest BCUT2D eigenvalue weighted by Gasteiger charge is 2.25. The molecule has 1 aromatic carbocycles. The molecule has 0 unspecified atom stereocenters. The molecule has 2 heterocycles. The molecule has 2 aliphatic rings. The number of hydrogen-bond acceptors (Lipinski definition) is 3. The maximum Gasteiger partial charge on any atom is 0.261 e. The van der Waals surface area contributed by atoms with Gasteiger partial charge >= 0.3 is 0 Å². The fraction of sp³-hybridized carbons (Fsp3) is 0.350. The van der Waals surface area contributed by atoms with Crippen LogP contribution in [-0.2, 0) is 19.9 Å². The summed E-state index contributed by atoms with van der Waals surface area (Å²) in [4.78, 5) is 5.34. The van der Waals surface area contributed by atoms with Crippen molar-refractivity contribution in [1.82, 2.24) is 0 Å². The summed E-state index contributed by atoms with van der Waals surface area (Å²) in [6.07, 6.45) is 11.9. The number of aromatic nitrogens is 1. The molecule has 0 amide bonds. The van der Waals surface area contributed by atoms with Crippen LogP contribution in [0.15, 0.2) is 46.3 Å². The minimum absolute atomic E-state index is 1.00. The lowest BCUT2D eigenvalue weighted by molar-refractivity contribution is -0.676. The van der Waals surface area contributed by atoms with Gasteiger partial charge in [-0.25, -0.2) is 0 Å². The van der Waals surface area contributed by atoms with E-state index in [-0.39, 0.29) is 0 Å². The molecule has 2 aromatic rings. The van der Waals surface area contributed by atoms with Gasteiger partial charge in [-0.15, -0.1) is 0 Å². The van der Waals surface area contributed by atoms with Crippen LogP contribution in [0.25, 0.3) is 6.08 Å². The third kappa shape index (κ3) is 2.82. The molecule has 1 aliphatic carbocycles. The van der Waals surface area contributed by atoms with Crippen LogP contribution in [-0.4, -0.2) is 6.54 Å². The van der Waals surface area contributed by atoms with Crippen molar-refractivity contribution in [2.75, 3.05) is 11.4 Å². The largest absolute Gasteiger partial charge is 0.335 e. The zero-order chi connectivity index (χ0) is 16.5. The van der Waals surface area contributed by atoms with Crippen LogP contribution in [0.1, 0.15) is 35.3 Å². The Balaban J connectivity index is 1.57. The number of anilines is 1. The number of thioether (sulfide) groups is 1. The van der Waals surface area contributed by atoms with Crippen LogP contribution in [0.3, 0.4) is 0 Å². The third-order valence-corrected chi connectivity index (χ3v) is 7.22. The Morgan fingerprint density at radius 3 is 2.88 bits per heavy atom. The number of nitrogens with zero attached hydrogens (tertiary/aromatic N) is 2. The summed E-state index contributed by atoms with van der Waals surface area (Å²) in [5, 5.41) is 2.68. The second-order valence-corrected chi connectivity index (χ2v) is 8.43. The first-order chi connectivity index (χ1) is 11.8. The predicted molar refractivity (Wildman–Crippen MR) is 105 cm³/mol. The molecule has 4 rings (SSSR count). The molecule has 0 saturated heterocycles. The first-order valence-electron chi connectivity index (χ1n) is 8.71. The van der Waals surface area contributed by atoms with Crippen molar-refractivity contribution in [3.8, 4) is 0 Å². The lowest BCUT2D eigenvalue weighted by atomic mass is 10.0. The van der Waals surface area contributed by atoms with Gasteiger partial charge in [0.2, 0.25) is 0 Å². The van der Waals surface area contributed by atoms with Gasteiger partial charge in [-0.3, -0.25) is 0 Å². The van der Waals surface area contributed by atoms with Crippen LogP contribution in [0.5, 0.6) is 0 Å². The zero-order valence-electron chi connectivity index (χ0n) is 14.3. The normalized spacial score (nSPS) is 18.4. The van der Waals surface area contributed by atoms with Crippen LogP contribution < -0.4 is 9.47 Å². The molecule has 0 bridgehead atoms. The van der Waals surface area contributed by atoms with Gasteiger partial charge in [0.05, 0.1) is 15.6 Å². The molecule has 0 spiro atoms. The van der Waals surface area contributed by atoms with Crippen molar-refractivity contribution in [1.29, 1.82) is 0 Å². The molecule has 124 valence electrons. The Kier molecular flexibility index (Phi) is 4.51. The summed E-state index contributed by atoms with van der Waals surface area (Å²) in [6, 6.07) is 8.66. The highest BCUT2D eigenvalue weighted by atomic mass is 32.2. The molecular formula is C20H23N2S2+. The van der Waals surface area contributed by atoms with Gasteiger partial charge in [0, 0.05) is 23.9 Å². The number of hydrogen-bond donors (Lipinski definition) is 0. The number of aryl methyl sites for hydroxylation is 1.